The number of carbonyl (C=O) groups excluding carboxylic acids is 2. The van der Waals surface area contributed by atoms with E-state index in [1.807, 2.05) is 24.3 Å². The van der Waals surface area contributed by atoms with Crippen LogP contribution in [-0.2, 0) is 9.59 Å². The number of rotatable bonds is 2. The van der Waals surface area contributed by atoms with Gasteiger partial charge in [0.05, 0.1) is 11.4 Å². The lowest BCUT2D eigenvalue weighted by Gasteiger charge is -2.20. The van der Waals surface area contributed by atoms with E-state index in [-0.39, 0.29) is 0 Å². The van der Waals surface area contributed by atoms with Crippen LogP contribution in [0, 0.1) is 0 Å². The summed E-state index contributed by atoms with van der Waals surface area (Å²) < 4.78 is 0. The summed E-state index contributed by atoms with van der Waals surface area (Å²) >= 11 is 0. The average Bonchev–Trinajstić information content (AvgIpc) is 2.93. The second kappa shape index (κ2) is 5.09. The van der Waals surface area contributed by atoms with Gasteiger partial charge in [-0.3, -0.25) is 19.5 Å². The first-order valence-electron chi connectivity index (χ1n) is 6.28. The van der Waals surface area contributed by atoms with E-state index in [2.05, 4.69) is 9.97 Å². The molecule has 104 valence electrons. The maximum absolute atomic E-state index is 12.2. The van der Waals surface area contributed by atoms with E-state index < -0.39 is 11.8 Å². The lowest BCUT2D eigenvalue weighted by atomic mass is 10.2. The van der Waals surface area contributed by atoms with Gasteiger partial charge in [-0.05, 0) is 18.2 Å². The van der Waals surface area contributed by atoms with Crippen molar-refractivity contribution >= 4 is 34.1 Å². The van der Waals surface area contributed by atoms with Crippen LogP contribution in [0.3, 0.4) is 0 Å². The summed E-state index contributed by atoms with van der Waals surface area (Å²) in [7, 11) is 0. The van der Waals surface area contributed by atoms with Crippen molar-refractivity contribution < 1.29 is 9.59 Å². The van der Waals surface area contributed by atoms with Gasteiger partial charge in [-0.25, -0.2) is 0 Å². The Morgan fingerprint density at radius 1 is 1.10 bits per heavy atom. The number of nitrogens with zero attached hydrogens (tertiary/aromatic N) is 2. The van der Waals surface area contributed by atoms with Crippen LogP contribution in [0.25, 0.3) is 10.9 Å². The first kappa shape index (κ1) is 12.9. The fourth-order valence-electron chi connectivity index (χ4n) is 2.21. The summed E-state index contributed by atoms with van der Waals surface area (Å²) in [6, 6.07) is 10.8. The van der Waals surface area contributed by atoms with Gasteiger partial charge in [0.1, 0.15) is 0 Å². The van der Waals surface area contributed by atoms with Crippen LogP contribution in [0.2, 0.25) is 0 Å². The molecule has 0 atom stereocenters. The number of pyridine rings is 1. The number of aromatic amines is 1. The molecule has 3 aromatic rings. The third-order valence-corrected chi connectivity index (χ3v) is 3.14. The highest BCUT2D eigenvalue weighted by Gasteiger charge is 2.24. The molecule has 2 heterocycles. The standard InChI is InChI=1S/C15H12N4O2/c16-14(20)15(21)19(10-5-7-17-8-6-10)13-9-18-12-4-2-1-3-11(12)13/h1-9,18H,(H2,16,20). The predicted octanol–water partition coefficient (Wildman–Crippen LogP) is 1.71. The lowest BCUT2D eigenvalue weighted by Crippen LogP contribution is -2.37. The zero-order valence-electron chi connectivity index (χ0n) is 11.0. The number of hydrogen-bond acceptors (Lipinski definition) is 3. The Morgan fingerprint density at radius 3 is 2.52 bits per heavy atom. The van der Waals surface area contributed by atoms with Gasteiger partial charge in [0.15, 0.2) is 0 Å². The first-order chi connectivity index (χ1) is 10.2. The SMILES string of the molecule is NC(=O)C(=O)N(c1ccncc1)c1c[nH]c2ccccc12. The van der Waals surface area contributed by atoms with Crippen molar-refractivity contribution in [3.63, 3.8) is 0 Å². The van der Waals surface area contributed by atoms with E-state index in [1.165, 1.54) is 4.90 Å². The molecule has 3 N–H and O–H groups in total. The van der Waals surface area contributed by atoms with Crippen LogP contribution < -0.4 is 10.6 Å². The minimum atomic E-state index is -1.02. The normalized spacial score (nSPS) is 10.5. The van der Waals surface area contributed by atoms with Crippen molar-refractivity contribution in [2.75, 3.05) is 4.90 Å². The Kier molecular flexibility index (Phi) is 3.12. The molecule has 1 aromatic carbocycles. The van der Waals surface area contributed by atoms with Crippen LogP contribution in [0.4, 0.5) is 11.4 Å². The number of para-hydroxylation sites is 1. The largest absolute Gasteiger partial charge is 0.361 e. The average molecular weight is 280 g/mol. The molecule has 0 saturated heterocycles. The quantitative estimate of drug-likeness (QED) is 0.700. The summed E-state index contributed by atoms with van der Waals surface area (Å²) in [5.41, 5.74) is 7.13. The highest BCUT2D eigenvalue weighted by Crippen LogP contribution is 2.32. The summed E-state index contributed by atoms with van der Waals surface area (Å²) in [6.45, 7) is 0. The molecule has 21 heavy (non-hydrogen) atoms. The number of amides is 2. The second-order valence-corrected chi connectivity index (χ2v) is 4.43. The number of nitrogens with two attached hydrogens (primary N) is 1. The molecule has 2 aromatic heterocycles. The molecule has 3 rings (SSSR count). The zero-order chi connectivity index (χ0) is 14.8. The molecule has 6 nitrogen and oxygen atoms in total. The van der Waals surface area contributed by atoms with Gasteiger partial charge >= 0.3 is 11.8 Å². The molecule has 0 saturated carbocycles. The number of primary amides is 1. The number of hydrogen-bond donors (Lipinski definition) is 2. The van der Waals surface area contributed by atoms with Gasteiger partial charge in [-0.2, -0.15) is 0 Å². The monoisotopic (exact) mass is 280 g/mol. The second-order valence-electron chi connectivity index (χ2n) is 4.43. The van der Waals surface area contributed by atoms with E-state index in [0.717, 1.165) is 10.9 Å². The summed E-state index contributed by atoms with van der Waals surface area (Å²) in [4.78, 5) is 31.8. The van der Waals surface area contributed by atoms with Crippen LogP contribution in [0.15, 0.2) is 55.0 Å². The van der Waals surface area contributed by atoms with Crippen molar-refractivity contribution in [2.24, 2.45) is 5.73 Å². The van der Waals surface area contributed by atoms with Crippen molar-refractivity contribution in [2.45, 2.75) is 0 Å². The minimum absolute atomic E-state index is 0.526. The molecular weight excluding hydrogens is 268 g/mol. The number of carbonyl (C=O) groups is 2. The molecular formula is C15H12N4O2. The summed E-state index contributed by atoms with van der Waals surface area (Å²) in [5.74, 6) is -1.82. The van der Waals surface area contributed by atoms with Crippen LogP contribution in [0.5, 0.6) is 0 Å². The number of benzene rings is 1. The van der Waals surface area contributed by atoms with Crippen molar-refractivity contribution in [3.05, 3.63) is 55.0 Å². The van der Waals surface area contributed by atoms with Crippen LogP contribution in [0.1, 0.15) is 0 Å². The molecule has 0 aliphatic carbocycles. The molecule has 0 aliphatic rings. The molecule has 0 radical (unpaired) electrons. The predicted molar refractivity (Wildman–Crippen MR) is 78.9 cm³/mol. The van der Waals surface area contributed by atoms with E-state index >= 15 is 0 Å². The van der Waals surface area contributed by atoms with Crippen LogP contribution in [-0.4, -0.2) is 21.8 Å². The number of H-pyrrole nitrogens is 1. The minimum Gasteiger partial charge on any atom is -0.361 e. The Balaban J connectivity index is 2.20. The Morgan fingerprint density at radius 2 is 1.81 bits per heavy atom. The Hall–Kier alpha value is -3.15. The third-order valence-electron chi connectivity index (χ3n) is 3.14. The highest BCUT2D eigenvalue weighted by molar-refractivity contribution is 6.42. The highest BCUT2D eigenvalue weighted by atomic mass is 16.2. The molecule has 0 fully saturated rings. The molecule has 0 bridgehead atoms. The Bertz CT molecular complexity index is 811. The fraction of sp³-hybridized carbons (Fsp3) is 0. The number of aromatic nitrogens is 2. The maximum atomic E-state index is 12.2. The summed E-state index contributed by atoms with van der Waals surface area (Å²) in [6.07, 6.45) is 4.77. The van der Waals surface area contributed by atoms with Crippen LogP contribution >= 0.6 is 0 Å². The van der Waals surface area contributed by atoms with E-state index in [1.54, 1.807) is 30.7 Å². The van der Waals surface area contributed by atoms with Gasteiger partial charge < -0.3 is 10.7 Å². The van der Waals surface area contributed by atoms with Crippen molar-refractivity contribution in [1.29, 1.82) is 0 Å². The molecule has 0 unspecified atom stereocenters. The zero-order valence-corrected chi connectivity index (χ0v) is 11.0. The maximum Gasteiger partial charge on any atom is 0.320 e. The van der Waals surface area contributed by atoms with E-state index in [0.29, 0.717) is 11.4 Å². The number of nitrogens with one attached hydrogen (secondary N) is 1. The van der Waals surface area contributed by atoms with E-state index in [4.69, 9.17) is 5.73 Å². The van der Waals surface area contributed by atoms with Gasteiger partial charge in [-0.1, -0.05) is 18.2 Å². The smallest absolute Gasteiger partial charge is 0.320 e. The third kappa shape index (κ3) is 2.23. The van der Waals surface area contributed by atoms with E-state index in [9.17, 15) is 9.59 Å². The van der Waals surface area contributed by atoms with Crippen molar-refractivity contribution in [1.82, 2.24) is 9.97 Å². The molecule has 6 heteroatoms. The van der Waals surface area contributed by atoms with Gasteiger partial charge in [-0.15, -0.1) is 0 Å². The lowest BCUT2D eigenvalue weighted by molar-refractivity contribution is -0.135. The van der Waals surface area contributed by atoms with Gasteiger partial charge in [0, 0.05) is 29.5 Å². The first-order valence-corrected chi connectivity index (χ1v) is 6.28. The molecule has 0 spiro atoms. The number of fused-ring (bicyclic) bond motifs is 1. The topological polar surface area (TPSA) is 92.1 Å². The Labute approximate surface area is 120 Å². The molecule has 0 aliphatic heterocycles. The van der Waals surface area contributed by atoms with Gasteiger partial charge in [0.25, 0.3) is 0 Å². The van der Waals surface area contributed by atoms with Crippen molar-refractivity contribution in [3.8, 4) is 0 Å². The number of anilines is 2. The molecule has 2 amide bonds. The fourth-order valence-corrected chi connectivity index (χ4v) is 2.21. The summed E-state index contributed by atoms with van der Waals surface area (Å²) in [5, 5.41) is 0.823. The van der Waals surface area contributed by atoms with Gasteiger partial charge in [0.2, 0.25) is 0 Å².